The molecule has 1 aromatic rings. The molecule has 0 radical (unpaired) electrons. The van der Waals surface area contributed by atoms with Crippen LogP contribution in [0.3, 0.4) is 0 Å². The second-order valence-corrected chi connectivity index (χ2v) is 6.03. The lowest BCUT2D eigenvalue weighted by Gasteiger charge is -2.18. The molecule has 1 atom stereocenters. The number of carbonyl (C=O) groups is 1. The Morgan fingerprint density at radius 2 is 1.95 bits per heavy atom. The summed E-state index contributed by atoms with van der Waals surface area (Å²) in [5.74, 6) is 0.771. The maximum atomic E-state index is 11.9. The topological polar surface area (TPSA) is 29.1 Å². The molecular weight excluding hydrogens is 302 g/mol. The number of halogens is 1. The molecule has 0 bridgehead atoms. The Hall–Kier alpha value is -0.830. The number of nitrogens with one attached hydrogen (secondary N) is 1. The number of alkyl halides is 1. The van der Waals surface area contributed by atoms with Gasteiger partial charge >= 0.3 is 0 Å². The number of benzene rings is 1. The number of carbonyl (C=O) groups excluding carboxylic acids is 1. The van der Waals surface area contributed by atoms with Gasteiger partial charge in [-0.2, -0.15) is 0 Å². The average Bonchev–Trinajstić information content (AvgIpc) is 2.38. The largest absolute Gasteiger partial charge is 0.353 e. The lowest BCUT2D eigenvalue weighted by Crippen LogP contribution is -2.36. The molecule has 0 heterocycles. The number of hydrogen-bond acceptors (Lipinski definition) is 1. The Bertz CT molecular complexity index is 364. The maximum absolute atomic E-state index is 11.9. The van der Waals surface area contributed by atoms with Crippen molar-refractivity contribution >= 4 is 21.8 Å². The Morgan fingerprint density at radius 3 is 2.53 bits per heavy atom. The van der Waals surface area contributed by atoms with Crippen molar-refractivity contribution in [2.24, 2.45) is 5.92 Å². The van der Waals surface area contributed by atoms with Crippen LogP contribution in [0.1, 0.15) is 38.7 Å². The van der Waals surface area contributed by atoms with Crippen molar-refractivity contribution in [2.75, 3.05) is 5.33 Å². The molecule has 106 valence electrons. The van der Waals surface area contributed by atoms with Gasteiger partial charge in [-0.25, -0.2) is 0 Å². The van der Waals surface area contributed by atoms with Crippen LogP contribution in [-0.4, -0.2) is 17.3 Å². The van der Waals surface area contributed by atoms with Crippen LogP contribution in [-0.2, 0) is 11.2 Å². The van der Waals surface area contributed by atoms with Crippen LogP contribution in [0.5, 0.6) is 0 Å². The quantitative estimate of drug-likeness (QED) is 0.721. The van der Waals surface area contributed by atoms with E-state index in [0.717, 1.165) is 24.6 Å². The molecule has 1 aromatic carbocycles. The van der Waals surface area contributed by atoms with Crippen LogP contribution in [0, 0.1) is 5.92 Å². The molecule has 0 fully saturated rings. The van der Waals surface area contributed by atoms with Crippen molar-refractivity contribution in [3.63, 3.8) is 0 Å². The molecule has 0 aliphatic heterocycles. The number of rotatable bonds is 8. The molecule has 0 saturated heterocycles. The fraction of sp³-hybridized carbons (Fsp3) is 0.562. The van der Waals surface area contributed by atoms with Crippen molar-refractivity contribution in [2.45, 2.75) is 45.6 Å². The second-order valence-electron chi connectivity index (χ2n) is 5.39. The minimum absolute atomic E-state index is 0.168. The first-order valence-corrected chi connectivity index (χ1v) is 8.13. The predicted molar refractivity (Wildman–Crippen MR) is 84.6 cm³/mol. The van der Waals surface area contributed by atoms with E-state index in [1.165, 1.54) is 5.56 Å². The zero-order valence-corrected chi connectivity index (χ0v) is 13.4. The minimum Gasteiger partial charge on any atom is -0.353 e. The maximum Gasteiger partial charge on any atom is 0.220 e. The molecule has 1 unspecified atom stereocenters. The molecule has 1 rings (SSSR count). The van der Waals surface area contributed by atoms with Crippen LogP contribution < -0.4 is 5.32 Å². The zero-order chi connectivity index (χ0) is 14.1. The summed E-state index contributed by atoms with van der Waals surface area (Å²) in [6.45, 7) is 4.36. The first-order chi connectivity index (χ1) is 9.11. The molecule has 3 heteroatoms. The van der Waals surface area contributed by atoms with Crippen LogP contribution in [0.4, 0.5) is 0 Å². The number of hydrogen-bond donors (Lipinski definition) is 1. The van der Waals surface area contributed by atoms with Gasteiger partial charge in [0.2, 0.25) is 5.91 Å². The first kappa shape index (κ1) is 16.2. The van der Waals surface area contributed by atoms with Crippen molar-refractivity contribution < 1.29 is 4.79 Å². The second kappa shape index (κ2) is 9.13. The Kier molecular flexibility index (Phi) is 7.80. The number of amides is 1. The molecule has 0 aliphatic rings. The molecule has 2 nitrogen and oxygen atoms in total. The van der Waals surface area contributed by atoms with Crippen molar-refractivity contribution in [3.05, 3.63) is 35.9 Å². The highest BCUT2D eigenvalue weighted by Crippen LogP contribution is 2.08. The molecule has 0 aliphatic carbocycles. The third-order valence-electron chi connectivity index (χ3n) is 3.02. The summed E-state index contributed by atoms with van der Waals surface area (Å²) in [6, 6.07) is 10.6. The molecular formula is C16H24BrNO. The van der Waals surface area contributed by atoms with E-state index in [0.29, 0.717) is 12.3 Å². The lowest BCUT2D eigenvalue weighted by atomic mass is 10.0. The number of aryl methyl sites for hydroxylation is 1. The molecule has 1 amide bonds. The third kappa shape index (κ3) is 7.36. The van der Waals surface area contributed by atoms with Gasteiger partial charge in [-0.15, -0.1) is 0 Å². The summed E-state index contributed by atoms with van der Waals surface area (Å²) in [6.07, 6.45) is 3.51. The highest BCUT2D eigenvalue weighted by Gasteiger charge is 2.12. The molecule has 0 spiro atoms. The van der Waals surface area contributed by atoms with Crippen molar-refractivity contribution in [1.29, 1.82) is 0 Å². The summed E-state index contributed by atoms with van der Waals surface area (Å²) in [7, 11) is 0. The minimum atomic E-state index is 0.168. The summed E-state index contributed by atoms with van der Waals surface area (Å²) >= 11 is 3.46. The lowest BCUT2D eigenvalue weighted by molar-refractivity contribution is -0.121. The van der Waals surface area contributed by atoms with Crippen LogP contribution in [0.2, 0.25) is 0 Å². The van der Waals surface area contributed by atoms with E-state index in [1.54, 1.807) is 0 Å². The molecule has 0 aromatic heterocycles. The van der Waals surface area contributed by atoms with Crippen molar-refractivity contribution in [3.8, 4) is 0 Å². The first-order valence-electron chi connectivity index (χ1n) is 7.01. The van der Waals surface area contributed by atoms with E-state index in [1.807, 2.05) is 18.2 Å². The summed E-state index contributed by atoms with van der Waals surface area (Å²) in [5, 5.41) is 3.93. The van der Waals surface area contributed by atoms with E-state index in [-0.39, 0.29) is 11.9 Å². The van der Waals surface area contributed by atoms with E-state index in [2.05, 4.69) is 47.2 Å². The van der Waals surface area contributed by atoms with Gasteiger partial charge in [0.25, 0.3) is 0 Å². The van der Waals surface area contributed by atoms with E-state index >= 15 is 0 Å². The van der Waals surface area contributed by atoms with Crippen LogP contribution >= 0.6 is 15.9 Å². The van der Waals surface area contributed by atoms with Crippen LogP contribution in [0.15, 0.2) is 30.3 Å². The predicted octanol–water partition coefficient (Wildman–Crippen LogP) is 3.94. The van der Waals surface area contributed by atoms with Gasteiger partial charge in [-0.1, -0.05) is 60.1 Å². The highest BCUT2D eigenvalue weighted by atomic mass is 79.9. The summed E-state index contributed by atoms with van der Waals surface area (Å²) in [5.41, 5.74) is 1.30. The highest BCUT2D eigenvalue weighted by molar-refractivity contribution is 9.09. The van der Waals surface area contributed by atoms with Gasteiger partial charge in [-0.05, 0) is 30.7 Å². The van der Waals surface area contributed by atoms with Crippen molar-refractivity contribution in [1.82, 2.24) is 5.32 Å². The van der Waals surface area contributed by atoms with Gasteiger partial charge in [0.05, 0.1) is 0 Å². The SMILES string of the molecule is CC(C)CC(CBr)NC(=O)CCCc1ccccc1. The fourth-order valence-electron chi connectivity index (χ4n) is 2.13. The van der Waals surface area contributed by atoms with E-state index < -0.39 is 0 Å². The van der Waals surface area contributed by atoms with Gasteiger partial charge in [0.15, 0.2) is 0 Å². The standard InChI is InChI=1S/C16H24BrNO/c1-13(2)11-15(12-17)18-16(19)10-6-9-14-7-4-3-5-8-14/h3-5,7-8,13,15H,6,9-12H2,1-2H3,(H,18,19). The van der Waals surface area contributed by atoms with Crippen LogP contribution in [0.25, 0.3) is 0 Å². The zero-order valence-electron chi connectivity index (χ0n) is 11.9. The molecule has 19 heavy (non-hydrogen) atoms. The van der Waals surface area contributed by atoms with Gasteiger partial charge in [0, 0.05) is 17.8 Å². The monoisotopic (exact) mass is 325 g/mol. The molecule has 0 saturated carbocycles. The van der Waals surface area contributed by atoms with Gasteiger partial charge < -0.3 is 5.32 Å². The summed E-state index contributed by atoms with van der Waals surface area (Å²) in [4.78, 5) is 11.9. The smallest absolute Gasteiger partial charge is 0.220 e. The van der Waals surface area contributed by atoms with Gasteiger partial charge in [0.1, 0.15) is 0 Å². The Labute approximate surface area is 125 Å². The fourth-order valence-corrected chi connectivity index (χ4v) is 2.55. The van der Waals surface area contributed by atoms with E-state index in [4.69, 9.17) is 0 Å². The third-order valence-corrected chi connectivity index (χ3v) is 3.80. The Balaban J connectivity index is 2.23. The molecule has 1 N–H and O–H groups in total. The average molecular weight is 326 g/mol. The van der Waals surface area contributed by atoms with Gasteiger partial charge in [-0.3, -0.25) is 4.79 Å². The summed E-state index contributed by atoms with van der Waals surface area (Å²) < 4.78 is 0. The normalized spacial score (nSPS) is 12.4. The van der Waals surface area contributed by atoms with E-state index in [9.17, 15) is 4.79 Å². The Morgan fingerprint density at radius 1 is 1.26 bits per heavy atom.